The molecule has 0 fully saturated rings. The highest BCUT2D eigenvalue weighted by molar-refractivity contribution is 7.89. The number of aryl methyl sites for hydroxylation is 2. The molecule has 0 saturated carbocycles. The molecular weight excluding hydrogens is 312 g/mol. The molecule has 21 heavy (non-hydrogen) atoms. The van der Waals surface area contributed by atoms with E-state index in [0.717, 1.165) is 22.7 Å². The summed E-state index contributed by atoms with van der Waals surface area (Å²) in [4.78, 5) is 12.5. The monoisotopic (exact) mass is 326 g/mol. The van der Waals surface area contributed by atoms with Crippen molar-refractivity contribution in [3.8, 4) is 0 Å². The van der Waals surface area contributed by atoms with Crippen LogP contribution in [0.3, 0.4) is 0 Å². The van der Waals surface area contributed by atoms with Gasteiger partial charge in [-0.15, -0.1) is 5.10 Å². The van der Waals surface area contributed by atoms with Crippen LogP contribution in [0.15, 0.2) is 17.0 Å². The highest BCUT2D eigenvalue weighted by Gasteiger charge is 2.17. The molecule has 3 N–H and O–H groups in total. The minimum Gasteiger partial charge on any atom is -0.321 e. The van der Waals surface area contributed by atoms with Crippen molar-refractivity contribution in [1.29, 1.82) is 0 Å². The van der Waals surface area contributed by atoms with Gasteiger partial charge >= 0.3 is 0 Å². The first-order valence-electron chi connectivity index (χ1n) is 5.94. The van der Waals surface area contributed by atoms with Gasteiger partial charge in [0.15, 0.2) is 0 Å². The third-order valence-electron chi connectivity index (χ3n) is 3.08. The number of amides is 1. The molecule has 0 aliphatic carbocycles. The minimum absolute atomic E-state index is 0.0416. The molecule has 0 bridgehead atoms. The number of primary sulfonamides is 1. The molecule has 0 atom stereocenters. The largest absolute Gasteiger partial charge is 0.321 e. The predicted molar refractivity (Wildman–Crippen MR) is 79.9 cm³/mol. The summed E-state index contributed by atoms with van der Waals surface area (Å²) >= 11 is 0.981. The van der Waals surface area contributed by atoms with E-state index in [2.05, 4.69) is 14.9 Å². The highest BCUT2D eigenvalue weighted by atomic mass is 32.2. The number of carbonyl (C=O) groups excluding carboxylic acids is 1. The third kappa shape index (κ3) is 3.26. The Morgan fingerprint density at radius 2 is 1.95 bits per heavy atom. The average molecular weight is 326 g/mol. The summed E-state index contributed by atoms with van der Waals surface area (Å²) in [6, 6.07) is 2.82. The molecule has 9 heteroatoms. The van der Waals surface area contributed by atoms with Gasteiger partial charge in [-0.25, -0.2) is 13.6 Å². The fourth-order valence-electron chi connectivity index (χ4n) is 1.74. The molecule has 7 nitrogen and oxygen atoms in total. The Bertz CT molecular complexity index is 812. The Balaban J connectivity index is 2.43. The Labute approximate surface area is 126 Å². The lowest BCUT2D eigenvalue weighted by Gasteiger charge is -2.12. The molecule has 0 radical (unpaired) electrons. The van der Waals surface area contributed by atoms with Crippen LogP contribution in [-0.2, 0) is 10.0 Å². The first-order chi connectivity index (χ1) is 9.70. The number of rotatable bonds is 3. The molecule has 1 heterocycles. The minimum atomic E-state index is -3.84. The lowest BCUT2D eigenvalue weighted by Crippen LogP contribution is -2.16. The van der Waals surface area contributed by atoms with Crippen molar-refractivity contribution in [2.75, 3.05) is 5.32 Å². The lowest BCUT2D eigenvalue weighted by atomic mass is 10.1. The van der Waals surface area contributed by atoms with Gasteiger partial charge in [0.2, 0.25) is 10.0 Å². The van der Waals surface area contributed by atoms with E-state index in [1.165, 1.54) is 12.1 Å². The Morgan fingerprint density at radius 1 is 1.29 bits per heavy atom. The van der Waals surface area contributed by atoms with Gasteiger partial charge in [-0.1, -0.05) is 4.49 Å². The third-order valence-corrected chi connectivity index (χ3v) is 4.79. The number of hydrogen-bond acceptors (Lipinski definition) is 6. The van der Waals surface area contributed by atoms with Gasteiger partial charge in [-0.3, -0.25) is 4.79 Å². The number of carbonyl (C=O) groups is 1. The van der Waals surface area contributed by atoms with E-state index in [1.54, 1.807) is 20.8 Å². The summed E-state index contributed by atoms with van der Waals surface area (Å²) in [5, 5.41) is 11.6. The number of nitrogens with two attached hydrogens (primary N) is 1. The van der Waals surface area contributed by atoms with Gasteiger partial charge in [-0.2, -0.15) is 0 Å². The van der Waals surface area contributed by atoms with Crippen LogP contribution in [-0.4, -0.2) is 23.9 Å². The zero-order chi connectivity index (χ0) is 15.8. The number of nitrogens with zero attached hydrogens (tertiary/aromatic N) is 2. The van der Waals surface area contributed by atoms with E-state index in [0.29, 0.717) is 16.3 Å². The second kappa shape index (κ2) is 5.51. The SMILES string of the molecule is Cc1cc(S(N)(=O)=O)cc(NC(=O)c2snnc2C)c1C. The van der Waals surface area contributed by atoms with E-state index >= 15 is 0 Å². The first-order valence-corrected chi connectivity index (χ1v) is 8.26. The fraction of sp³-hybridized carbons (Fsp3) is 0.250. The molecule has 1 aromatic heterocycles. The zero-order valence-corrected chi connectivity index (χ0v) is 13.3. The maximum Gasteiger partial charge on any atom is 0.269 e. The summed E-state index contributed by atoms with van der Waals surface area (Å²) in [6.45, 7) is 5.21. The first kappa shape index (κ1) is 15.5. The van der Waals surface area contributed by atoms with E-state index in [-0.39, 0.29) is 10.8 Å². The highest BCUT2D eigenvalue weighted by Crippen LogP contribution is 2.24. The molecule has 0 aliphatic rings. The molecule has 1 amide bonds. The van der Waals surface area contributed by atoms with Gasteiger partial charge < -0.3 is 5.32 Å². The average Bonchev–Trinajstić information content (AvgIpc) is 2.79. The molecule has 0 spiro atoms. The zero-order valence-electron chi connectivity index (χ0n) is 11.7. The van der Waals surface area contributed by atoms with E-state index in [1.807, 2.05) is 0 Å². The summed E-state index contributed by atoms with van der Waals surface area (Å²) in [5.74, 6) is -0.378. The standard InChI is InChI=1S/C12H14N4O3S2/c1-6-4-9(21(13,18)19)5-10(7(6)2)14-12(17)11-8(3)15-16-20-11/h4-5H,1-3H3,(H,14,17)(H2,13,18,19). The number of sulfonamides is 1. The van der Waals surface area contributed by atoms with Crippen molar-refractivity contribution in [3.05, 3.63) is 33.8 Å². The summed E-state index contributed by atoms with van der Waals surface area (Å²) < 4.78 is 26.6. The summed E-state index contributed by atoms with van der Waals surface area (Å²) in [6.07, 6.45) is 0. The Kier molecular flexibility index (Phi) is 4.08. The molecule has 0 aliphatic heterocycles. The number of nitrogens with one attached hydrogen (secondary N) is 1. The fourth-order valence-corrected chi connectivity index (χ4v) is 2.91. The van der Waals surface area contributed by atoms with Crippen LogP contribution in [0.5, 0.6) is 0 Å². The van der Waals surface area contributed by atoms with Gasteiger partial charge in [0.25, 0.3) is 5.91 Å². The van der Waals surface area contributed by atoms with Crippen LogP contribution >= 0.6 is 11.5 Å². The van der Waals surface area contributed by atoms with Crippen LogP contribution in [0.25, 0.3) is 0 Å². The van der Waals surface area contributed by atoms with Crippen LogP contribution < -0.4 is 10.5 Å². The van der Waals surface area contributed by atoms with Gasteiger partial charge in [0, 0.05) is 5.69 Å². The van der Waals surface area contributed by atoms with Crippen molar-refractivity contribution in [2.24, 2.45) is 5.14 Å². The number of aromatic nitrogens is 2. The van der Waals surface area contributed by atoms with E-state index in [9.17, 15) is 13.2 Å². The second-order valence-electron chi connectivity index (χ2n) is 4.60. The van der Waals surface area contributed by atoms with Crippen molar-refractivity contribution in [3.63, 3.8) is 0 Å². The number of anilines is 1. The maximum atomic E-state index is 12.2. The summed E-state index contributed by atoms with van der Waals surface area (Å²) in [7, 11) is -3.84. The molecule has 2 aromatic rings. The predicted octanol–water partition coefficient (Wildman–Crippen LogP) is 1.36. The van der Waals surface area contributed by atoms with Crippen molar-refractivity contribution >= 4 is 33.2 Å². The van der Waals surface area contributed by atoms with Gasteiger partial charge in [0.05, 0.1) is 10.6 Å². The van der Waals surface area contributed by atoms with Crippen molar-refractivity contribution in [2.45, 2.75) is 25.7 Å². The van der Waals surface area contributed by atoms with Crippen LogP contribution in [0.4, 0.5) is 5.69 Å². The number of benzene rings is 1. The van der Waals surface area contributed by atoms with E-state index < -0.39 is 10.0 Å². The van der Waals surface area contributed by atoms with Gasteiger partial charge in [-0.05, 0) is 55.6 Å². The summed E-state index contributed by atoms with van der Waals surface area (Å²) in [5.41, 5.74) is 2.41. The molecule has 0 saturated heterocycles. The number of hydrogen-bond donors (Lipinski definition) is 2. The molecule has 0 unspecified atom stereocenters. The van der Waals surface area contributed by atoms with Crippen molar-refractivity contribution < 1.29 is 13.2 Å². The molecular formula is C12H14N4O3S2. The van der Waals surface area contributed by atoms with Gasteiger partial charge in [0.1, 0.15) is 4.88 Å². The van der Waals surface area contributed by atoms with E-state index in [4.69, 9.17) is 5.14 Å². The smallest absolute Gasteiger partial charge is 0.269 e. The Hall–Kier alpha value is -1.84. The normalized spacial score (nSPS) is 11.4. The Morgan fingerprint density at radius 3 is 2.48 bits per heavy atom. The van der Waals surface area contributed by atoms with Crippen LogP contribution in [0.2, 0.25) is 0 Å². The molecule has 112 valence electrons. The maximum absolute atomic E-state index is 12.2. The topological polar surface area (TPSA) is 115 Å². The molecule has 1 aromatic carbocycles. The van der Waals surface area contributed by atoms with Crippen molar-refractivity contribution in [1.82, 2.24) is 9.59 Å². The lowest BCUT2D eigenvalue weighted by molar-refractivity contribution is 0.102. The van der Waals surface area contributed by atoms with Crippen LogP contribution in [0.1, 0.15) is 26.5 Å². The second-order valence-corrected chi connectivity index (χ2v) is 6.91. The quantitative estimate of drug-likeness (QED) is 0.883. The molecule has 2 rings (SSSR count). The van der Waals surface area contributed by atoms with Crippen LogP contribution in [0, 0.1) is 20.8 Å².